The minimum absolute atomic E-state index is 0.210. The van der Waals surface area contributed by atoms with Gasteiger partial charge >= 0.3 is 0 Å². The summed E-state index contributed by atoms with van der Waals surface area (Å²) in [5.74, 6) is 1.30. The number of aryl methyl sites for hydroxylation is 2. The molecule has 2 aromatic heterocycles. The van der Waals surface area contributed by atoms with Gasteiger partial charge in [0.15, 0.2) is 5.82 Å². The Bertz CT molecular complexity index is 591. The highest BCUT2D eigenvalue weighted by Gasteiger charge is 2.20. The number of hydrogen-bond acceptors (Lipinski definition) is 6. The monoisotopic (exact) mass is 281 g/mol. The van der Waals surface area contributed by atoms with E-state index in [1.165, 1.54) is 11.3 Å². The van der Waals surface area contributed by atoms with E-state index < -0.39 is 0 Å². The molecule has 0 radical (unpaired) electrons. The van der Waals surface area contributed by atoms with Gasteiger partial charge in [0, 0.05) is 4.88 Å². The van der Waals surface area contributed by atoms with Gasteiger partial charge in [-0.05, 0) is 26.8 Å². The van der Waals surface area contributed by atoms with E-state index in [0.29, 0.717) is 22.3 Å². The number of ether oxygens (including phenoxy) is 1. The van der Waals surface area contributed by atoms with Crippen LogP contribution in [0, 0.1) is 13.8 Å². The Morgan fingerprint density at radius 3 is 2.84 bits per heavy atom. The number of rotatable bonds is 4. The first-order valence-corrected chi connectivity index (χ1v) is 6.58. The summed E-state index contributed by atoms with van der Waals surface area (Å²) in [5, 5.41) is 6.51. The molecule has 1 atom stereocenters. The molecule has 2 rings (SSSR count). The molecule has 0 saturated heterocycles. The number of hydrogen-bond donors (Lipinski definition) is 1. The average molecular weight is 281 g/mol. The number of nitrogens with zero attached hydrogens (tertiary/aromatic N) is 2. The topological polar surface area (TPSA) is 77.2 Å². The summed E-state index contributed by atoms with van der Waals surface area (Å²) in [6, 6.07) is 1.49. The number of aromatic nitrogens is 2. The zero-order chi connectivity index (χ0) is 14.0. The second-order valence-corrected chi connectivity index (χ2v) is 5.39. The van der Waals surface area contributed by atoms with Gasteiger partial charge in [0.1, 0.15) is 16.7 Å². The molecule has 0 aromatic carbocycles. The highest BCUT2D eigenvalue weighted by Crippen LogP contribution is 2.29. The minimum atomic E-state index is -0.346. The Hall–Kier alpha value is -1.89. The number of nitrogens with one attached hydrogen (secondary N) is 1. The number of amides is 1. The minimum Gasteiger partial charge on any atom is -0.495 e. The van der Waals surface area contributed by atoms with Crippen LogP contribution >= 0.6 is 11.3 Å². The van der Waals surface area contributed by atoms with Crippen molar-refractivity contribution in [2.75, 3.05) is 7.11 Å². The second-order valence-electron chi connectivity index (χ2n) is 4.13. The highest BCUT2D eigenvalue weighted by atomic mass is 32.1. The zero-order valence-corrected chi connectivity index (χ0v) is 12.0. The summed E-state index contributed by atoms with van der Waals surface area (Å²) < 4.78 is 10.2. The lowest BCUT2D eigenvalue weighted by molar-refractivity contribution is 0.0934. The molecule has 19 heavy (non-hydrogen) atoms. The predicted molar refractivity (Wildman–Crippen MR) is 70.5 cm³/mol. The van der Waals surface area contributed by atoms with E-state index >= 15 is 0 Å². The molecule has 6 nitrogen and oxygen atoms in total. The fraction of sp³-hybridized carbons (Fsp3) is 0.417. The van der Waals surface area contributed by atoms with Gasteiger partial charge in [-0.15, -0.1) is 11.3 Å². The van der Waals surface area contributed by atoms with Crippen molar-refractivity contribution in [3.05, 3.63) is 27.5 Å². The van der Waals surface area contributed by atoms with Gasteiger partial charge in [0.05, 0.1) is 7.11 Å². The van der Waals surface area contributed by atoms with E-state index in [2.05, 4.69) is 15.5 Å². The second kappa shape index (κ2) is 5.40. The van der Waals surface area contributed by atoms with Crippen LogP contribution in [0.1, 0.15) is 39.2 Å². The quantitative estimate of drug-likeness (QED) is 0.930. The summed E-state index contributed by atoms with van der Waals surface area (Å²) in [6.07, 6.45) is 0. The maximum Gasteiger partial charge on any atom is 0.265 e. The van der Waals surface area contributed by atoms with Crippen LogP contribution in [0.5, 0.6) is 5.75 Å². The van der Waals surface area contributed by atoms with Gasteiger partial charge < -0.3 is 14.6 Å². The van der Waals surface area contributed by atoms with Gasteiger partial charge in [-0.1, -0.05) is 5.16 Å². The number of carbonyl (C=O) groups is 1. The molecule has 102 valence electrons. The van der Waals surface area contributed by atoms with Gasteiger partial charge in [-0.3, -0.25) is 4.79 Å². The summed E-state index contributed by atoms with van der Waals surface area (Å²) in [7, 11) is 1.54. The molecule has 0 spiro atoms. The summed E-state index contributed by atoms with van der Waals surface area (Å²) in [5.41, 5.74) is 0. The number of carbonyl (C=O) groups excluding carboxylic acids is 1. The fourth-order valence-corrected chi connectivity index (χ4v) is 2.50. The summed E-state index contributed by atoms with van der Waals surface area (Å²) in [4.78, 5) is 17.8. The van der Waals surface area contributed by atoms with Crippen LogP contribution < -0.4 is 10.1 Å². The van der Waals surface area contributed by atoms with Crippen LogP contribution in [0.15, 0.2) is 10.6 Å². The van der Waals surface area contributed by atoms with Crippen molar-refractivity contribution in [3.8, 4) is 5.75 Å². The van der Waals surface area contributed by atoms with Crippen LogP contribution in [-0.4, -0.2) is 23.2 Å². The molecule has 0 bridgehead atoms. The van der Waals surface area contributed by atoms with Crippen molar-refractivity contribution >= 4 is 17.2 Å². The van der Waals surface area contributed by atoms with Crippen molar-refractivity contribution in [2.24, 2.45) is 0 Å². The third-order valence-corrected chi connectivity index (χ3v) is 3.54. The van der Waals surface area contributed by atoms with Crippen molar-refractivity contribution in [1.29, 1.82) is 0 Å². The maximum atomic E-state index is 12.2. The van der Waals surface area contributed by atoms with Crippen LogP contribution in [0.25, 0.3) is 0 Å². The van der Waals surface area contributed by atoms with Crippen molar-refractivity contribution in [3.63, 3.8) is 0 Å². The Labute approximate surface area is 114 Å². The summed E-state index contributed by atoms with van der Waals surface area (Å²) in [6.45, 7) is 5.44. The molecule has 0 aliphatic heterocycles. The van der Waals surface area contributed by atoms with Crippen molar-refractivity contribution in [2.45, 2.75) is 26.8 Å². The molecule has 1 N–H and O–H groups in total. The van der Waals surface area contributed by atoms with E-state index in [-0.39, 0.29) is 11.9 Å². The molecule has 2 aromatic rings. The molecular formula is C12H15N3O3S. The summed E-state index contributed by atoms with van der Waals surface area (Å²) >= 11 is 1.39. The number of thiophene rings is 1. The fourth-order valence-electron chi connectivity index (χ4n) is 1.61. The third-order valence-electron chi connectivity index (χ3n) is 2.51. The predicted octanol–water partition coefficient (Wildman–Crippen LogP) is 2.25. The normalized spacial score (nSPS) is 12.2. The third kappa shape index (κ3) is 2.93. The molecule has 0 aliphatic rings. The van der Waals surface area contributed by atoms with E-state index in [9.17, 15) is 4.79 Å². The largest absolute Gasteiger partial charge is 0.495 e. The molecular weight excluding hydrogens is 266 g/mol. The first-order valence-electron chi connectivity index (χ1n) is 5.76. The highest BCUT2D eigenvalue weighted by molar-refractivity contribution is 7.14. The zero-order valence-electron chi connectivity index (χ0n) is 11.2. The maximum absolute atomic E-state index is 12.2. The molecule has 1 amide bonds. The van der Waals surface area contributed by atoms with E-state index in [0.717, 1.165) is 4.88 Å². The lowest BCUT2D eigenvalue weighted by Gasteiger charge is -2.09. The van der Waals surface area contributed by atoms with Crippen LogP contribution in [0.3, 0.4) is 0 Å². The first kappa shape index (κ1) is 13.5. The van der Waals surface area contributed by atoms with Crippen LogP contribution in [0.4, 0.5) is 0 Å². The molecule has 0 saturated carbocycles. The Morgan fingerprint density at radius 1 is 1.53 bits per heavy atom. The lowest BCUT2D eigenvalue weighted by atomic mass is 10.3. The molecule has 2 heterocycles. The van der Waals surface area contributed by atoms with E-state index in [1.807, 2.05) is 13.0 Å². The van der Waals surface area contributed by atoms with Crippen LogP contribution in [-0.2, 0) is 0 Å². The molecule has 0 fully saturated rings. The van der Waals surface area contributed by atoms with Gasteiger partial charge in [-0.2, -0.15) is 4.98 Å². The van der Waals surface area contributed by atoms with Crippen LogP contribution in [0.2, 0.25) is 0 Å². The first-order chi connectivity index (χ1) is 9.01. The van der Waals surface area contributed by atoms with E-state index in [1.54, 1.807) is 21.0 Å². The SMILES string of the molecule is COc1cc(C)sc1C(=O)N[C@H](C)c1nc(C)no1. The van der Waals surface area contributed by atoms with Crippen molar-refractivity contribution < 1.29 is 14.1 Å². The number of methoxy groups -OCH3 is 1. The standard InChI is InChI=1S/C12H15N3O3S/c1-6-5-9(17-4)10(19-6)11(16)13-7(2)12-14-8(3)15-18-12/h5,7H,1-4H3,(H,13,16)/t7-/m1/s1. The Kier molecular flexibility index (Phi) is 3.84. The van der Waals surface area contributed by atoms with Gasteiger partial charge in [-0.25, -0.2) is 0 Å². The Morgan fingerprint density at radius 2 is 2.26 bits per heavy atom. The molecule has 0 unspecified atom stereocenters. The van der Waals surface area contributed by atoms with Gasteiger partial charge in [0.2, 0.25) is 5.89 Å². The van der Waals surface area contributed by atoms with Crippen molar-refractivity contribution in [1.82, 2.24) is 15.5 Å². The average Bonchev–Trinajstić information content (AvgIpc) is 2.95. The smallest absolute Gasteiger partial charge is 0.265 e. The Balaban J connectivity index is 2.12. The van der Waals surface area contributed by atoms with Gasteiger partial charge in [0.25, 0.3) is 5.91 Å². The van der Waals surface area contributed by atoms with E-state index in [4.69, 9.17) is 9.26 Å². The molecule has 7 heteroatoms. The molecule has 0 aliphatic carbocycles. The lowest BCUT2D eigenvalue weighted by Crippen LogP contribution is -2.26.